The molecule has 5 nitrogen and oxygen atoms in total. The van der Waals surface area contributed by atoms with Crippen molar-refractivity contribution in [2.45, 2.75) is 69.9 Å². The highest BCUT2D eigenvalue weighted by Crippen LogP contribution is 2.42. The molecule has 1 aromatic rings. The normalized spacial score (nSPS) is 27.1. The molecule has 3 fully saturated rings. The maximum Gasteiger partial charge on any atom is 0.267 e. The summed E-state index contributed by atoms with van der Waals surface area (Å²) in [6, 6.07) is -0.643. The van der Waals surface area contributed by atoms with Gasteiger partial charge in [0.1, 0.15) is 6.33 Å². The summed E-state index contributed by atoms with van der Waals surface area (Å²) in [5.74, 6) is -1.50. The van der Waals surface area contributed by atoms with E-state index in [4.69, 9.17) is 0 Å². The van der Waals surface area contributed by atoms with Crippen molar-refractivity contribution in [1.82, 2.24) is 19.7 Å². The number of nitrogens with zero attached hydrogens (tertiary/aromatic N) is 4. The third kappa shape index (κ3) is 3.30. The zero-order valence-electron chi connectivity index (χ0n) is 13.8. The van der Waals surface area contributed by atoms with Crippen LogP contribution in [0.15, 0.2) is 6.33 Å². The molecule has 0 N–H and O–H groups in total. The van der Waals surface area contributed by atoms with E-state index in [0.29, 0.717) is 24.1 Å². The van der Waals surface area contributed by atoms with Crippen LogP contribution >= 0.6 is 0 Å². The number of aromatic nitrogens is 3. The summed E-state index contributed by atoms with van der Waals surface area (Å²) < 4.78 is 30.0. The van der Waals surface area contributed by atoms with Gasteiger partial charge in [0.15, 0.2) is 5.82 Å². The van der Waals surface area contributed by atoms with Gasteiger partial charge < -0.3 is 9.47 Å². The van der Waals surface area contributed by atoms with E-state index < -0.39 is 18.5 Å². The third-order valence-electron chi connectivity index (χ3n) is 5.62. The summed E-state index contributed by atoms with van der Waals surface area (Å²) in [5, 5.41) is 8.02. The fourth-order valence-electron chi connectivity index (χ4n) is 4.13. The van der Waals surface area contributed by atoms with Crippen molar-refractivity contribution in [3.05, 3.63) is 12.2 Å². The van der Waals surface area contributed by atoms with Crippen molar-refractivity contribution in [2.75, 3.05) is 6.54 Å². The van der Waals surface area contributed by atoms with E-state index in [-0.39, 0.29) is 12.3 Å². The lowest BCUT2D eigenvalue weighted by Gasteiger charge is -2.25. The quantitative estimate of drug-likeness (QED) is 0.828. The predicted octanol–water partition coefficient (Wildman–Crippen LogP) is 3.18. The number of alkyl halides is 2. The molecule has 0 radical (unpaired) electrons. The Kier molecular flexibility index (Phi) is 4.04. The first-order chi connectivity index (χ1) is 11.5. The van der Waals surface area contributed by atoms with Crippen LogP contribution in [0, 0.1) is 11.8 Å². The number of likely N-dealkylation sites (tertiary alicyclic amines) is 1. The second-order valence-corrected chi connectivity index (χ2v) is 7.74. The maximum absolute atomic E-state index is 14.1. The molecule has 0 spiro atoms. The zero-order valence-corrected chi connectivity index (χ0v) is 13.8. The van der Waals surface area contributed by atoms with Crippen molar-refractivity contribution >= 4 is 5.91 Å². The lowest BCUT2D eigenvalue weighted by atomic mass is 10.0. The highest BCUT2D eigenvalue weighted by molar-refractivity contribution is 5.77. The number of carbonyl (C=O) groups excluding carboxylic acids is 1. The molecule has 4 rings (SSSR count). The average Bonchev–Trinajstić information content (AvgIpc) is 2.91. The average molecular weight is 338 g/mol. The Morgan fingerprint density at radius 2 is 1.96 bits per heavy atom. The van der Waals surface area contributed by atoms with Gasteiger partial charge in [-0.25, -0.2) is 8.78 Å². The molecule has 2 saturated carbocycles. The first-order valence-electron chi connectivity index (χ1n) is 9.07. The van der Waals surface area contributed by atoms with Gasteiger partial charge in [0.05, 0.1) is 12.6 Å². The van der Waals surface area contributed by atoms with Gasteiger partial charge in [0, 0.05) is 19.4 Å². The van der Waals surface area contributed by atoms with E-state index in [1.165, 1.54) is 17.7 Å². The minimum atomic E-state index is -2.84. The predicted molar refractivity (Wildman–Crippen MR) is 83.3 cm³/mol. The highest BCUT2D eigenvalue weighted by atomic mass is 19.3. The van der Waals surface area contributed by atoms with Gasteiger partial charge in [-0.3, -0.25) is 4.79 Å². The molecule has 1 aliphatic heterocycles. The van der Waals surface area contributed by atoms with Gasteiger partial charge in [-0.1, -0.05) is 12.8 Å². The molecule has 1 aromatic heterocycles. The van der Waals surface area contributed by atoms with E-state index in [9.17, 15) is 13.6 Å². The van der Waals surface area contributed by atoms with Crippen LogP contribution in [0.25, 0.3) is 0 Å². The lowest BCUT2D eigenvalue weighted by molar-refractivity contribution is -0.134. The van der Waals surface area contributed by atoms with Crippen LogP contribution in [0.3, 0.4) is 0 Å². The molecular weight excluding hydrogens is 314 g/mol. The van der Waals surface area contributed by atoms with Gasteiger partial charge >= 0.3 is 0 Å². The van der Waals surface area contributed by atoms with Crippen LogP contribution in [0.1, 0.15) is 63.2 Å². The van der Waals surface area contributed by atoms with Gasteiger partial charge in [-0.15, -0.1) is 10.2 Å². The lowest BCUT2D eigenvalue weighted by Crippen LogP contribution is -2.34. The standard InChI is InChI=1S/C17H24F2N4O/c18-17(19)8-14(16-21-20-11-22(16)9-13-5-6-13)23(10-17)15(24)7-12-3-1-2-4-12/h11-14H,1-10H2/t14-/m0/s1. The SMILES string of the molecule is O=C(CC1CCCC1)N1CC(F)(F)C[C@H]1c1nncn1CC1CC1. The van der Waals surface area contributed by atoms with Crippen molar-refractivity contribution in [1.29, 1.82) is 0 Å². The molecular formula is C17H24F2N4O. The van der Waals surface area contributed by atoms with Crippen molar-refractivity contribution in [3.8, 4) is 0 Å². The van der Waals surface area contributed by atoms with Crippen molar-refractivity contribution < 1.29 is 13.6 Å². The topological polar surface area (TPSA) is 51.0 Å². The molecule has 0 aromatic carbocycles. The third-order valence-corrected chi connectivity index (χ3v) is 5.62. The summed E-state index contributed by atoms with van der Waals surface area (Å²) in [6.45, 7) is 0.286. The van der Waals surface area contributed by atoms with Crippen LogP contribution in [0.2, 0.25) is 0 Å². The largest absolute Gasteiger partial charge is 0.326 e. The van der Waals surface area contributed by atoms with Gasteiger partial charge in [0.2, 0.25) is 5.91 Å². The molecule has 7 heteroatoms. The van der Waals surface area contributed by atoms with E-state index in [1.54, 1.807) is 6.33 Å². The number of amides is 1. The van der Waals surface area contributed by atoms with Crippen LogP contribution in [0.5, 0.6) is 0 Å². The van der Waals surface area contributed by atoms with Gasteiger partial charge in [-0.05, 0) is 37.5 Å². The fraction of sp³-hybridized carbons (Fsp3) is 0.824. The first kappa shape index (κ1) is 16.0. The number of halogens is 2. The summed E-state index contributed by atoms with van der Waals surface area (Å²) >= 11 is 0. The van der Waals surface area contributed by atoms with Crippen LogP contribution in [0.4, 0.5) is 8.78 Å². The minimum absolute atomic E-state index is 0.148. The Labute approximate surface area is 140 Å². The summed E-state index contributed by atoms with van der Waals surface area (Å²) in [6.07, 6.45) is 8.38. The molecule has 1 saturated heterocycles. The summed E-state index contributed by atoms with van der Waals surface area (Å²) in [7, 11) is 0. The van der Waals surface area contributed by atoms with Crippen LogP contribution in [-0.4, -0.2) is 38.0 Å². The first-order valence-corrected chi connectivity index (χ1v) is 9.07. The fourth-order valence-corrected chi connectivity index (χ4v) is 4.13. The van der Waals surface area contributed by atoms with Gasteiger partial charge in [0.25, 0.3) is 5.92 Å². The molecule has 2 heterocycles. The molecule has 132 valence electrons. The smallest absolute Gasteiger partial charge is 0.267 e. The second-order valence-electron chi connectivity index (χ2n) is 7.74. The zero-order chi connectivity index (χ0) is 16.7. The molecule has 0 bridgehead atoms. The highest BCUT2D eigenvalue weighted by Gasteiger charge is 2.49. The number of hydrogen-bond donors (Lipinski definition) is 0. The molecule has 24 heavy (non-hydrogen) atoms. The van der Waals surface area contributed by atoms with Crippen LogP contribution in [-0.2, 0) is 11.3 Å². The Balaban J connectivity index is 1.52. The molecule has 1 amide bonds. The van der Waals surface area contributed by atoms with Crippen molar-refractivity contribution in [2.24, 2.45) is 11.8 Å². The number of rotatable bonds is 5. The Bertz CT molecular complexity index is 607. The van der Waals surface area contributed by atoms with E-state index in [2.05, 4.69) is 10.2 Å². The monoisotopic (exact) mass is 338 g/mol. The molecule has 3 aliphatic rings. The van der Waals surface area contributed by atoms with E-state index >= 15 is 0 Å². The summed E-state index contributed by atoms with van der Waals surface area (Å²) in [4.78, 5) is 14.0. The second kappa shape index (κ2) is 6.08. The number of carbonyl (C=O) groups is 1. The van der Waals surface area contributed by atoms with Gasteiger partial charge in [-0.2, -0.15) is 0 Å². The molecule has 1 atom stereocenters. The maximum atomic E-state index is 14.1. The minimum Gasteiger partial charge on any atom is -0.326 e. The van der Waals surface area contributed by atoms with Crippen LogP contribution < -0.4 is 0 Å². The number of hydrogen-bond acceptors (Lipinski definition) is 3. The Morgan fingerprint density at radius 1 is 1.21 bits per heavy atom. The van der Waals surface area contributed by atoms with E-state index in [0.717, 1.165) is 32.2 Å². The van der Waals surface area contributed by atoms with Crippen molar-refractivity contribution in [3.63, 3.8) is 0 Å². The molecule has 2 aliphatic carbocycles. The van der Waals surface area contributed by atoms with E-state index in [1.807, 2.05) is 4.57 Å². The Hall–Kier alpha value is -1.53. The molecule has 0 unspecified atom stereocenters. The Morgan fingerprint density at radius 3 is 2.67 bits per heavy atom. The summed E-state index contributed by atoms with van der Waals surface area (Å²) in [5.41, 5.74) is 0.